The predicted octanol–water partition coefficient (Wildman–Crippen LogP) is 3.33. The fourth-order valence-corrected chi connectivity index (χ4v) is 2.46. The van der Waals surface area contributed by atoms with E-state index in [1.54, 1.807) is 0 Å². The lowest BCUT2D eigenvalue weighted by Crippen LogP contribution is -2.20. The van der Waals surface area contributed by atoms with Crippen molar-refractivity contribution in [1.82, 2.24) is 0 Å². The maximum atomic E-state index is 13.1. The molecular formula is C15H17FO2. The van der Waals surface area contributed by atoms with Crippen molar-refractivity contribution in [3.05, 3.63) is 35.1 Å². The van der Waals surface area contributed by atoms with Crippen LogP contribution in [0.5, 0.6) is 0 Å². The van der Waals surface area contributed by atoms with Gasteiger partial charge in [-0.3, -0.25) is 9.59 Å². The number of rotatable bonds is 5. The van der Waals surface area contributed by atoms with Gasteiger partial charge in [0.1, 0.15) is 11.6 Å². The third-order valence-corrected chi connectivity index (χ3v) is 3.49. The highest BCUT2D eigenvalue weighted by Gasteiger charge is 2.35. The van der Waals surface area contributed by atoms with Gasteiger partial charge in [0.15, 0.2) is 5.78 Å². The molecule has 2 nitrogen and oxygen atoms in total. The van der Waals surface area contributed by atoms with Crippen LogP contribution in [-0.2, 0) is 11.2 Å². The fourth-order valence-electron chi connectivity index (χ4n) is 2.46. The average Bonchev–Trinajstić information content (AvgIpc) is 2.66. The molecule has 0 saturated heterocycles. The number of ketones is 2. The van der Waals surface area contributed by atoms with Crippen LogP contribution in [0, 0.1) is 11.7 Å². The molecule has 1 aliphatic rings. The Kier molecular flexibility index (Phi) is 3.90. The van der Waals surface area contributed by atoms with Gasteiger partial charge in [-0.1, -0.05) is 19.8 Å². The molecule has 0 radical (unpaired) electrons. The molecule has 3 heteroatoms. The Hall–Kier alpha value is -1.51. The van der Waals surface area contributed by atoms with E-state index in [1.807, 2.05) is 0 Å². The fraction of sp³-hybridized carbons (Fsp3) is 0.467. The third kappa shape index (κ3) is 2.50. The molecule has 0 heterocycles. The minimum atomic E-state index is -0.571. The number of hydrogen-bond acceptors (Lipinski definition) is 2. The lowest BCUT2D eigenvalue weighted by molar-refractivity contribution is -0.121. The summed E-state index contributed by atoms with van der Waals surface area (Å²) in [5, 5.41) is 0. The number of carbonyl (C=O) groups excluding carboxylic acids is 2. The van der Waals surface area contributed by atoms with Crippen molar-refractivity contribution in [3.63, 3.8) is 0 Å². The van der Waals surface area contributed by atoms with Crippen LogP contribution in [0.1, 0.15) is 48.5 Å². The number of fused-ring (bicyclic) bond motifs is 1. The second kappa shape index (κ2) is 5.42. The van der Waals surface area contributed by atoms with E-state index in [2.05, 4.69) is 6.92 Å². The number of hydrogen-bond donors (Lipinski definition) is 0. The number of Topliss-reactive ketones (excluding diaryl/α,β-unsaturated/α-hetero) is 2. The molecule has 0 aliphatic heterocycles. The Morgan fingerprint density at radius 1 is 1.39 bits per heavy atom. The molecule has 0 N–H and O–H groups in total. The van der Waals surface area contributed by atoms with Crippen LogP contribution >= 0.6 is 0 Å². The standard InChI is InChI=1S/C15H17FO2/c1-2-3-4-5-14(17)13-9-10-8-11(16)6-7-12(10)15(13)18/h6-8,13H,2-5,9H2,1H3. The van der Waals surface area contributed by atoms with Gasteiger partial charge in [-0.25, -0.2) is 4.39 Å². The van der Waals surface area contributed by atoms with Crippen LogP contribution in [0.4, 0.5) is 4.39 Å². The Morgan fingerprint density at radius 2 is 2.17 bits per heavy atom. The summed E-state index contributed by atoms with van der Waals surface area (Å²) >= 11 is 0. The first-order chi connectivity index (χ1) is 8.63. The zero-order chi connectivity index (χ0) is 13.1. The minimum absolute atomic E-state index is 0.00468. The number of carbonyl (C=O) groups is 2. The Bertz CT molecular complexity index is 479. The van der Waals surface area contributed by atoms with Gasteiger partial charge in [0, 0.05) is 12.0 Å². The van der Waals surface area contributed by atoms with Crippen molar-refractivity contribution in [2.75, 3.05) is 0 Å². The van der Waals surface area contributed by atoms with Gasteiger partial charge in [0.2, 0.25) is 0 Å². The summed E-state index contributed by atoms with van der Waals surface area (Å²) in [5.74, 6) is -1.05. The maximum Gasteiger partial charge on any atom is 0.173 e. The van der Waals surface area contributed by atoms with Gasteiger partial charge in [-0.2, -0.15) is 0 Å². The molecule has 96 valence electrons. The first-order valence-electron chi connectivity index (χ1n) is 6.49. The topological polar surface area (TPSA) is 34.1 Å². The minimum Gasteiger partial charge on any atom is -0.299 e. The molecule has 2 rings (SSSR count). The van der Waals surface area contributed by atoms with Gasteiger partial charge >= 0.3 is 0 Å². The number of unbranched alkanes of at least 4 members (excludes halogenated alkanes) is 2. The molecule has 0 fully saturated rings. The van der Waals surface area contributed by atoms with Gasteiger partial charge in [-0.05, 0) is 36.6 Å². The van der Waals surface area contributed by atoms with Crippen LogP contribution in [0.25, 0.3) is 0 Å². The molecule has 1 aliphatic carbocycles. The van der Waals surface area contributed by atoms with E-state index in [4.69, 9.17) is 0 Å². The van der Waals surface area contributed by atoms with E-state index in [0.717, 1.165) is 19.3 Å². The summed E-state index contributed by atoms with van der Waals surface area (Å²) in [5.41, 5.74) is 1.19. The first-order valence-corrected chi connectivity index (χ1v) is 6.49. The summed E-state index contributed by atoms with van der Waals surface area (Å²) in [6.45, 7) is 2.07. The SMILES string of the molecule is CCCCCC(=O)C1Cc2cc(F)ccc2C1=O. The average molecular weight is 248 g/mol. The molecule has 1 aromatic carbocycles. The normalized spacial score (nSPS) is 17.9. The highest BCUT2D eigenvalue weighted by molar-refractivity contribution is 6.14. The molecule has 18 heavy (non-hydrogen) atoms. The van der Waals surface area contributed by atoms with Crippen molar-refractivity contribution >= 4 is 11.6 Å². The van der Waals surface area contributed by atoms with E-state index in [0.29, 0.717) is 24.0 Å². The Labute approximate surface area is 106 Å². The summed E-state index contributed by atoms with van der Waals surface area (Å²) < 4.78 is 13.1. The van der Waals surface area contributed by atoms with Crippen molar-refractivity contribution < 1.29 is 14.0 Å². The van der Waals surface area contributed by atoms with Gasteiger partial charge < -0.3 is 0 Å². The highest BCUT2D eigenvalue weighted by atomic mass is 19.1. The molecule has 1 unspecified atom stereocenters. The number of benzene rings is 1. The predicted molar refractivity (Wildman–Crippen MR) is 67.1 cm³/mol. The molecular weight excluding hydrogens is 231 g/mol. The highest BCUT2D eigenvalue weighted by Crippen LogP contribution is 2.29. The van der Waals surface area contributed by atoms with Crippen LogP contribution in [0.15, 0.2) is 18.2 Å². The first kappa shape index (κ1) is 12.9. The lowest BCUT2D eigenvalue weighted by atomic mass is 9.95. The molecule has 0 saturated carbocycles. The van der Waals surface area contributed by atoms with E-state index >= 15 is 0 Å². The summed E-state index contributed by atoms with van der Waals surface area (Å²) in [7, 11) is 0. The quantitative estimate of drug-likeness (QED) is 0.591. The molecule has 0 bridgehead atoms. The smallest absolute Gasteiger partial charge is 0.173 e. The van der Waals surface area contributed by atoms with Crippen molar-refractivity contribution in [2.24, 2.45) is 5.92 Å². The van der Waals surface area contributed by atoms with Crippen LogP contribution in [0.2, 0.25) is 0 Å². The van der Waals surface area contributed by atoms with Crippen molar-refractivity contribution in [3.8, 4) is 0 Å². The monoisotopic (exact) mass is 248 g/mol. The molecule has 0 spiro atoms. The van der Waals surface area contributed by atoms with E-state index in [9.17, 15) is 14.0 Å². The second-order valence-electron chi connectivity index (χ2n) is 4.85. The summed E-state index contributed by atoms with van der Waals surface area (Å²) in [4.78, 5) is 24.0. The number of halogens is 1. The molecule has 0 aromatic heterocycles. The van der Waals surface area contributed by atoms with Crippen LogP contribution < -0.4 is 0 Å². The van der Waals surface area contributed by atoms with Crippen LogP contribution in [0.3, 0.4) is 0 Å². The zero-order valence-corrected chi connectivity index (χ0v) is 10.5. The summed E-state index contributed by atoms with van der Waals surface area (Å²) in [6.07, 6.45) is 3.73. The molecule has 1 atom stereocenters. The lowest BCUT2D eigenvalue weighted by Gasteiger charge is -2.06. The van der Waals surface area contributed by atoms with Crippen molar-refractivity contribution in [2.45, 2.75) is 39.0 Å². The molecule has 0 amide bonds. The van der Waals surface area contributed by atoms with Gasteiger partial charge in [0.05, 0.1) is 5.92 Å². The third-order valence-electron chi connectivity index (χ3n) is 3.49. The van der Waals surface area contributed by atoms with Gasteiger partial charge in [0.25, 0.3) is 0 Å². The largest absolute Gasteiger partial charge is 0.299 e. The Morgan fingerprint density at radius 3 is 2.89 bits per heavy atom. The van der Waals surface area contributed by atoms with E-state index in [1.165, 1.54) is 18.2 Å². The van der Waals surface area contributed by atoms with E-state index < -0.39 is 5.92 Å². The van der Waals surface area contributed by atoms with Gasteiger partial charge in [-0.15, -0.1) is 0 Å². The molecule has 1 aromatic rings. The zero-order valence-electron chi connectivity index (χ0n) is 10.5. The van der Waals surface area contributed by atoms with Crippen LogP contribution in [-0.4, -0.2) is 11.6 Å². The second-order valence-corrected chi connectivity index (χ2v) is 4.85. The van der Waals surface area contributed by atoms with E-state index in [-0.39, 0.29) is 17.4 Å². The van der Waals surface area contributed by atoms with Crippen molar-refractivity contribution in [1.29, 1.82) is 0 Å². The Balaban J connectivity index is 2.06. The maximum absolute atomic E-state index is 13.1. The summed E-state index contributed by atoms with van der Waals surface area (Å²) in [6, 6.07) is 4.14.